The lowest BCUT2D eigenvalue weighted by atomic mass is 10.2. The van der Waals surface area contributed by atoms with Gasteiger partial charge in [-0.15, -0.1) is 0 Å². The first kappa shape index (κ1) is 9.09. The molecule has 3 nitrogen and oxygen atoms in total. The molecule has 0 saturated heterocycles. The Morgan fingerprint density at radius 1 is 1.36 bits per heavy atom. The van der Waals surface area contributed by atoms with Crippen LogP contribution in [-0.2, 0) is 0 Å². The van der Waals surface area contributed by atoms with Gasteiger partial charge in [0.15, 0.2) is 0 Å². The number of aromatic hydroxyl groups is 1. The van der Waals surface area contributed by atoms with E-state index in [0.29, 0.717) is 10.8 Å². The number of halogens is 1. The molecule has 1 aromatic heterocycles. The Kier molecular flexibility index (Phi) is 2.17. The van der Waals surface area contributed by atoms with Gasteiger partial charge >= 0.3 is 0 Å². The molecule has 4 heteroatoms. The first-order valence-corrected chi connectivity index (χ1v) is 4.41. The molecular weight excluding hydrogens is 202 g/mol. The number of ether oxygens (including phenoxy) is 1. The van der Waals surface area contributed by atoms with Crippen molar-refractivity contribution in [1.82, 2.24) is 4.98 Å². The van der Waals surface area contributed by atoms with Crippen LogP contribution in [0.5, 0.6) is 11.5 Å². The van der Waals surface area contributed by atoms with E-state index in [0.717, 1.165) is 10.9 Å². The van der Waals surface area contributed by atoms with Gasteiger partial charge in [-0.05, 0) is 12.1 Å². The van der Waals surface area contributed by atoms with E-state index >= 15 is 0 Å². The van der Waals surface area contributed by atoms with Crippen LogP contribution in [0.25, 0.3) is 10.9 Å². The molecule has 1 N–H and O–H groups in total. The van der Waals surface area contributed by atoms with Crippen LogP contribution in [-0.4, -0.2) is 17.2 Å². The molecule has 0 unspecified atom stereocenters. The van der Waals surface area contributed by atoms with Gasteiger partial charge in [0, 0.05) is 11.5 Å². The van der Waals surface area contributed by atoms with Gasteiger partial charge in [0.1, 0.15) is 11.5 Å². The van der Waals surface area contributed by atoms with Crippen molar-refractivity contribution in [3.05, 3.63) is 29.4 Å². The van der Waals surface area contributed by atoms with Crippen molar-refractivity contribution in [2.24, 2.45) is 0 Å². The molecule has 14 heavy (non-hydrogen) atoms. The van der Waals surface area contributed by atoms with E-state index in [1.807, 2.05) is 0 Å². The minimum Gasteiger partial charge on any atom is -0.506 e. The number of hydrogen-bond acceptors (Lipinski definition) is 3. The predicted molar refractivity (Wildman–Crippen MR) is 55.0 cm³/mol. The summed E-state index contributed by atoms with van der Waals surface area (Å²) in [5.41, 5.74) is 0.740. The van der Waals surface area contributed by atoms with E-state index in [4.69, 9.17) is 16.3 Å². The molecule has 2 aromatic rings. The Balaban J connectivity index is 2.73. The number of benzene rings is 1. The SMILES string of the molecule is COc1cc2ncc(O)cc2cc1Cl. The van der Waals surface area contributed by atoms with E-state index in [9.17, 15) is 5.11 Å². The summed E-state index contributed by atoms with van der Waals surface area (Å²) >= 11 is 5.92. The molecule has 0 amide bonds. The number of nitrogens with zero attached hydrogens (tertiary/aromatic N) is 1. The summed E-state index contributed by atoms with van der Waals surface area (Å²) in [6.45, 7) is 0. The van der Waals surface area contributed by atoms with Crippen molar-refractivity contribution >= 4 is 22.5 Å². The topological polar surface area (TPSA) is 42.4 Å². The van der Waals surface area contributed by atoms with Crippen molar-refractivity contribution in [3.63, 3.8) is 0 Å². The van der Waals surface area contributed by atoms with Crippen molar-refractivity contribution in [2.45, 2.75) is 0 Å². The second-order valence-corrected chi connectivity index (χ2v) is 3.28. The van der Waals surface area contributed by atoms with Crippen LogP contribution in [0.2, 0.25) is 5.02 Å². The van der Waals surface area contributed by atoms with E-state index < -0.39 is 0 Å². The summed E-state index contributed by atoms with van der Waals surface area (Å²) < 4.78 is 5.05. The van der Waals surface area contributed by atoms with Crippen LogP contribution in [0.4, 0.5) is 0 Å². The lowest BCUT2D eigenvalue weighted by Crippen LogP contribution is -1.86. The third kappa shape index (κ3) is 1.46. The van der Waals surface area contributed by atoms with Gasteiger partial charge < -0.3 is 9.84 Å². The Labute approximate surface area is 85.9 Å². The zero-order chi connectivity index (χ0) is 10.1. The van der Waals surface area contributed by atoms with Crippen molar-refractivity contribution < 1.29 is 9.84 Å². The predicted octanol–water partition coefficient (Wildman–Crippen LogP) is 2.60. The Hall–Kier alpha value is -1.48. The zero-order valence-corrected chi connectivity index (χ0v) is 8.25. The van der Waals surface area contributed by atoms with Gasteiger partial charge in [-0.25, -0.2) is 0 Å². The maximum Gasteiger partial charge on any atom is 0.139 e. The lowest BCUT2D eigenvalue weighted by Gasteiger charge is -2.04. The molecule has 1 heterocycles. The molecule has 1 aromatic carbocycles. The minimum absolute atomic E-state index is 0.124. The van der Waals surface area contributed by atoms with E-state index in [-0.39, 0.29) is 5.75 Å². The highest BCUT2D eigenvalue weighted by Gasteiger charge is 2.04. The summed E-state index contributed by atoms with van der Waals surface area (Å²) in [7, 11) is 1.55. The Morgan fingerprint density at radius 3 is 2.86 bits per heavy atom. The normalized spacial score (nSPS) is 10.4. The average molecular weight is 210 g/mol. The molecule has 0 aliphatic carbocycles. The molecule has 0 aliphatic rings. The molecular formula is C10H8ClNO2. The molecule has 2 rings (SSSR count). The number of hydrogen-bond donors (Lipinski definition) is 1. The zero-order valence-electron chi connectivity index (χ0n) is 7.49. The number of rotatable bonds is 1. The Morgan fingerprint density at radius 2 is 2.14 bits per heavy atom. The van der Waals surface area contributed by atoms with Crippen LogP contribution in [0, 0.1) is 0 Å². The highest BCUT2D eigenvalue weighted by molar-refractivity contribution is 6.32. The quantitative estimate of drug-likeness (QED) is 0.785. The monoisotopic (exact) mass is 209 g/mol. The van der Waals surface area contributed by atoms with E-state index in [1.165, 1.54) is 6.20 Å². The smallest absolute Gasteiger partial charge is 0.139 e. The van der Waals surface area contributed by atoms with Crippen LogP contribution < -0.4 is 4.74 Å². The summed E-state index contributed by atoms with van der Waals surface area (Å²) in [6, 6.07) is 5.05. The van der Waals surface area contributed by atoms with Crippen LogP contribution in [0.15, 0.2) is 24.4 Å². The molecule has 0 atom stereocenters. The Bertz CT molecular complexity index is 485. The first-order chi connectivity index (χ1) is 6.70. The summed E-state index contributed by atoms with van der Waals surface area (Å²) in [6.07, 6.45) is 1.38. The number of pyridine rings is 1. The first-order valence-electron chi connectivity index (χ1n) is 4.03. The molecule has 0 fully saturated rings. The van der Waals surface area contributed by atoms with E-state index in [2.05, 4.69) is 4.98 Å². The van der Waals surface area contributed by atoms with Crippen molar-refractivity contribution in [2.75, 3.05) is 7.11 Å². The lowest BCUT2D eigenvalue weighted by molar-refractivity contribution is 0.415. The molecule has 0 saturated carbocycles. The summed E-state index contributed by atoms with van der Waals surface area (Å²) in [5.74, 6) is 0.705. The number of methoxy groups -OCH3 is 1. The highest BCUT2D eigenvalue weighted by Crippen LogP contribution is 2.29. The number of aromatic nitrogens is 1. The van der Waals surface area contributed by atoms with E-state index in [1.54, 1.807) is 25.3 Å². The highest BCUT2D eigenvalue weighted by atomic mass is 35.5. The maximum absolute atomic E-state index is 9.21. The second-order valence-electron chi connectivity index (χ2n) is 2.87. The molecule has 72 valence electrons. The second kappa shape index (κ2) is 3.35. The van der Waals surface area contributed by atoms with Gasteiger partial charge in [-0.2, -0.15) is 0 Å². The van der Waals surface area contributed by atoms with Crippen molar-refractivity contribution in [1.29, 1.82) is 0 Å². The molecule has 0 spiro atoms. The van der Waals surface area contributed by atoms with Crippen LogP contribution in [0.1, 0.15) is 0 Å². The largest absolute Gasteiger partial charge is 0.506 e. The van der Waals surface area contributed by atoms with Gasteiger partial charge in [-0.3, -0.25) is 4.98 Å². The molecule has 0 bridgehead atoms. The van der Waals surface area contributed by atoms with Gasteiger partial charge in [0.2, 0.25) is 0 Å². The fourth-order valence-corrected chi connectivity index (χ4v) is 1.52. The van der Waals surface area contributed by atoms with Gasteiger partial charge in [0.25, 0.3) is 0 Å². The molecule has 0 aliphatic heterocycles. The third-order valence-corrected chi connectivity index (χ3v) is 2.24. The fourth-order valence-electron chi connectivity index (χ4n) is 1.27. The van der Waals surface area contributed by atoms with Crippen molar-refractivity contribution in [3.8, 4) is 11.5 Å². The molecule has 0 radical (unpaired) electrons. The standard InChI is InChI=1S/C10H8ClNO2/c1-14-10-4-9-6(3-8(10)11)2-7(13)5-12-9/h2-5,13H,1H3. The fraction of sp³-hybridized carbons (Fsp3) is 0.100. The van der Waals surface area contributed by atoms with Gasteiger partial charge in [0.05, 0.1) is 23.8 Å². The van der Waals surface area contributed by atoms with Crippen LogP contribution in [0.3, 0.4) is 0 Å². The summed E-state index contributed by atoms with van der Waals surface area (Å²) in [4.78, 5) is 4.04. The average Bonchev–Trinajstić information content (AvgIpc) is 2.16. The minimum atomic E-state index is 0.124. The summed E-state index contributed by atoms with van der Waals surface area (Å²) in [5, 5.41) is 10.5. The van der Waals surface area contributed by atoms with Crippen LogP contribution >= 0.6 is 11.6 Å². The van der Waals surface area contributed by atoms with Gasteiger partial charge in [-0.1, -0.05) is 11.6 Å². The maximum atomic E-state index is 9.21. The third-order valence-electron chi connectivity index (χ3n) is 1.94. The number of fused-ring (bicyclic) bond motifs is 1.